The molecule has 0 fully saturated rings. The van der Waals surface area contributed by atoms with Crippen LogP contribution in [-0.4, -0.2) is 0 Å². The topological polar surface area (TPSA) is 24.7 Å². The van der Waals surface area contributed by atoms with Gasteiger partial charge in [-0.15, -0.1) is 0 Å². The molecule has 0 amide bonds. The zero-order chi connectivity index (χ0) is 23.6. The molecule has 2 aliphatic rings. The fourth-order valence-electron chi connectivity index (χ4n) is 5.84. The van der Waals surface area contributed by atoms with E-state index < -0.39 is 0 Å². The Labute approximate surface area is 207 Å². The molecule has 166 valence electrons. The van der Waals surface area contributed by atoms with Crippen LogP contribution in [0.3, 0.4) is 0 Å². The molecule has 2 heterocycles. The molecule has 2 heteroatoms. The summed E-state index contributed by atoms with van der Waals surface area (Å²) in [5.41, 5.74) is 9.23. The third kappa shape index (κ3) is 2.67. The van der Waals surface area contributed by atoms with Crippen molar-refractivity contribution in [2.24, 2.45) is 9.98 Å². The monoisotopic (exact) mass is 456 g/mol. The van der Waals surface area contributed by atoms with Crippen molar-refractivity contribution >= 4 is 22.1 Å². The number of rotatable bonds is 2. The predicted molar refractivity (Wildman–Crippen MR) is 146 cm³/mol. The standard InChI is InChI=1S/C34H20N2/c1-2-11-22-21(9-1)10-7-15-23(22)24-12-3-4-13-25(24)27-16-8-18-30-32(27)33-31(35-30)20-19-28-26-14-5-6-17-29(26)36-34(28)33/h1-20H. The van der Waals surface area contributed by atoms with Crippen LogP contribution in [0.1, 0.15) is 0 Å². The number of fused-ring (bicyclic) bond motifs is 7. The van der Waals surface area contributed by atoms with Crippen molar-refractivity contribution in [3.63, 3.8) is 0 Å². The molecule has 2 aliphatic heterocycles. The van der Waals surface area contributed by atoms with E-state index in [0.29, 0.717) is 0 Å². The summed E-state index contributed by atoms with van der Waals surface area (Å²) in [6.07, 6.45) is 0. The first-order valence-electron chi connectivity index (χ1n) is 12.3. The molecule has 0 spiro atoms. The molecule has 36 heavy (non-hydrogen) atoms. The van der Waals surface area contributed by atoms with Crippen LogP contribution >= 0.6 is 0 Å². The molecule has 2 nitrogen and oxygen atoms in total. The van der Waals surface area contributed by atoms with Crippen molar-refractivity contribution < 1.29 is 0 Å². The maximum absolute atomic E-state index is 5.08. The van der Waals surface area contributed by atoms with Crippen molar-refractivity contribution in [2.45, 2.75) is 0 Å². The summed E-state index contributed by atoms with van der Waals surface area (Å²) in [5.74, 6) is 0. The molecular weight excluding hydrogens is 436 g/mol. The summed E-state index contributed by atoms with van der Waals surface area (Å²) in [5, 5.41) is 6.91. The first kappa shape index (κ1) is 19.5. The zero-order valence-corrected chi connectivity index (χ0v) is 19.4. The Morgan fingerprint density at radius 3 is 2.03 bits per heavy atom. The molecule has 0 N–H and O–H groups in total. The minimum Gasteiger partial charge on any atom is -0.248 e. The summed E-state index contributed by atoms with van der Waals surface area (Å²) < 4.78 is 0. The second-order valence-electron chi connectivity index (χ2n) is 9.37. The van der Waals surface area contributed by atoms with Crippen molar-refractivity contribution in [1.29, 1.82) is 0 Å². The van der Waals surface area contributed by atoms with Gasteiger partial charge in [0, 0.05) is 21.6 Å². The molecule has 0 atom stereocenters. The molecule has 8 rings (SSSR count). The fraction of sp³-hybridized carbons (Fsp3) is 0. The Kier molecular flexibility index (Phi) is 3.97. The van der Waals surface area contributed by atoms with Crippen molar-refractivity contribution in [1.82, 2.24) is 0 Å². The van der Waals surface area contributed by atoms with Crippen molar-refractivity contribution in [3.8, 4) is 33.4 Å². The smallest absolute Gasteiger partial charge is 0.0817 e. The van der Waals surface area contributed by atoms with E-state index in [1.807, 2.05) is 0 Å². The number of benzene rings is 6. The molecular formula is C34H20N2. The highest BCUT2D eigenvalue weighted by molar-refractivity contribution is 6.04. The van der Waals surface area contributed by atoms with Crippen LogP contribution in [-0.2, 0) is 0 Å². The van der Waals surface area contributed by atoms with E-state index in [0.717, 1.165) is 27.7 Å². The lowest BCUT2D eigenvalue weighted by molar-refractivity contribution is 1.36. The molecule has 0 radical (unpaired) electrons. The molecule has 0 bridgehead atoms. The Morgan fingerprint density at radius 1 is 0.389 bits per heavy atom. The molecule has 0 unspecified atom stereocenters. The molecule has 6 aromatic carbocycles. The lowest BCUT2D eigenvalue weighted by atomic mass is 9.87. The number of hydrogen-bond acceptors (Lipinski definition) is 2. The average molecular weight is 457 g/mol. The second kappa shape index (κ2) is 7.34. The third-order valence-electron chi connectivity index (χ3n) is 7.41. The lowest BCUT2D eigenvalue weighted by Gasteiger charge is -2.16. The van der Waals surface area contributed by atoms with Gasteiger partial charge in [-0.1, -0.05) is 97.1 Å². The van der Waals surface area contributed by atoms with Gasteiger partial charge in [0.15, 0.2) is 0 Å². The van der Waals surface area contributed by atoms with Gasteiger partial charge in [0.1, 0.15) is 0 Å². The lowest BCUT2D eigenvalue weighted by Crippen LogP contribution is -2.01. The van der Waals surface area contributed by atoms with Gasteiger partial charge in [-0.05, 0) is 57.3 Å². The SMILES string of the molecule is c1ccc(-c2cccc3ccccc23)c(-c2cccc3c2-c2c4c(ccc2=N3)=c2ccccc2=N4)c1. The molecule has 0 aliphatic carbocycles. The van der Waals surface area contributed by atoms with Gasteiger partial charge in [0.2, 0.25) is 0 Å². The predicted octanol–water partition coefficient (Wildman–Crippen LogP) is 7.66. The highest BCUT2D eigenvalue weighted by atomic mass is 14.8. The number of para-hydroxylation sites is 1. The average Bonchev–Trinajstić information content (AvgIpc) is 3.51. The molecule has 0 aromatic heterocycles. The highest BCUT2D eigenvalue weighted by Gasteiger charge is 2.24. The van der Waals surface area contributed by atoms with E-state index in [1.54, 1.807) is 0 Å². The van der Waals surface area contributed by atoms with Gasteiger partial charge in [0.05, 0.1) is 22.1 Å². The minimum absolute atomic E-state index is 0.996. The Morgan fingerprint density at radius 2 is 1.08 bits per heavy atom. The van der Waals surface area contributed by atoms with Crippen molar-refractivity contribution in [2.75, 3.05) is 0 Å². The van der Waals surface area contributed by atoms with Gasteiger partial charge in [-0.25, -0.2) is 9.98 Å². The van der Waals surface area contributed by atoms with Gasteiger partial charge in [-0.2, -0.15) is 0 Å². The van der Waals surface area contributed by atoms with Gasteiger partial charge >= 0.3 is 0 Å². The molecule has 6 aromatic rings. The van der Waals surface area contributed by atoms with Crippen LogP contribution in [0.4, 0.5) is 11.4 Å². The van der Waals surface area contributed by atoms with E-state index in [4.69, 9.17) is 9.98 Å². The summed E-state index contributed by atoms with van der Waals surface area (Å²) >= 11 is 0. The van der Waals surface area contributed by atoms with Crippen LogP contribution in [0.15, 0.2) is 131 Å². The number of hydrogen-bond donors (Lipinski definition) is 0. The first-order chi connectivity index (χ1) is 17.9. The van der Waals surface area contributed by atoms with Crippen LogP contribution < -0.4 is 10.7 Å². The first-order valence-corrected chi connectivity index (χ1v) is 12.3. The summed E-state index contributed by atoms with van der Waals surface area (Å²) in [6.45, 7) is 0. The Hall–Kier alpha value is -4.82. The highest BCUT2D eigenvalue weighted by Crippen LogP contribution is 2.47. The number of nitrogens with zero attached hydrogens (tertiary/aromatic N) is 2. The minimum atomic E-state index is 0.996. The maximum atomic E-state index is 5.08. The molecule has 0 saturated carbocycles. The fourth-order valence-corrected chi connectivity index (χ4v) is 5.84. The van der Waals surface area contributed by atoms with E-state index in [-0.39, 0.29) is 0 Å². The van der Waals surface area contributed by atoms with Gasteiger partial charge < -0.3 is 0 Å². The van der Waals surface area contributed by atoms with E-state index in [9.17, 15) is 0 Å². The molecule has 0 saturated heterocycles. The van der Waals surface area contributed by atoms with Crippen molar-refractivity contribution in [3.05, 3.63) is 142 Å². The van der Waals surface area contributed by atoms with Gasteiger partial charge in [0.25, 0.3) is 0 Å². The zero-order valence-electron chi connectivity index (χ0n) is 19.4. The summed E-state index contributed by atoms with van der Waals surface area (Å²) in [4.78, 5) is 10.1. The van der Waals surface area contributed by atoms with E-state index >= 15 is 0 Å². The van der Waals surface area contributed by atoms with Crippen LogP contribution in [0.5, 0.6) is 0 Å². The maximum Gasteiger partial charge on any atom is 0.0817 e. The van der Waals surface area contributed by atoms with E-state index in [2.05, 4.69) is 121 Å². The summed E-state index contributed by atoms with van der Waals surface area (Å²) in [6, 6.07) is 43.1. The third-order valence-corrected chi connectivity index (χ3v) is 7.41. The normalized spacial score (nSPS) is 12.3. The largest absolute Gasteiger partial charge is 0.248 e. The summed E-state index contributed by atoms with van der Waals surface area (Å²) in [7, 11) is 0. The van der Waals surface area contributed by atoms with Crippen LogP contribution in [0, 0.1) is 10.4 Å². The Balaban J connectivity index is 1.44. The second-order valence-corrected chi connectivity index (χ2v) is 9.37. The quantitative estimate of drug-likeness (QED) is 0.255. The Bertz CT molecular complexity index is 2100. The van der Waals surface area contributed by atoms with Crippen LogP contribution in [0.25, 0.3) is 44.2 Å². The van der Waals surface area contributed by atoms with E-state index in [1.165, 1.54) is 49.0 Å². The van der Waals surface area contributed by atoms with Gasteiger partial charge in [-0.3, -0.25) is 0 Å². The van der Waals surface area contributed by atoms with Crippen LogP contribution in [0.2, 0.25) is 0 Å².